The number of aromatic nitrogens is 1. The Balaban J connectivity index is 0.931. The Hall–Kier alpha value is -8.22. The van der Waals surface area contributed by atoms with Crippen LogP contribution in [0.5, 0.6) is 0 Å². The average Bonchev–Trinajstić information content (AvgIpc) is 1.42. The summed E-state index contributed by atoms with van der Waals surface area (Å²) in [6, 6.07) is 69.3. The Morgan fingerprint density at radius 1 is 0.500 bits per heavy atom. The molecule has 4 heterocycles. The molecule has 2 aromatic heterocycles. The number of hydrogen-bond acceptors (Lipinski definition) is 4. The van der Waals surface area contributed by atoms with E-state index in [0.29, 0.717) is 11.8 Å². The highest BCUT2D eigenvalue weighted by Crippen LogP contribution is 2.70. The maximum atomic E-state index is 7.17. The van der Waals surface area contributed by atoms with Crippen molar-refractivity contribution in [3.05, 3.63) is 215 Å². The van der Waals surface area contributed by atoms with E-state index in [4.69, 9.17) is 4.42 Å². The van der Waals surface area contributed by atoms with Gasteiger partial charge in [0.15, 0.2) is 5.58 Å². The van der Waals surface area contributed by atoms with E-state index in [1.165, 1.54) is 121 Å². The lowest BCUT2D eigenvalue weighted by Gasteiger charge is -2.61. The molecule has 4 fully saturated rings. The molecule has 5 nitrogen and oxygen atoms in total. The summed E-state index contributed by atoms with van der Waals surface area (Å²) in [6.07, 6.45) is 9.17. The number of furan rings is 1. The molecule has 0 atom stereocenters. The lowest BCUT2D eigenvalue weighted by Crippen LogP contribution is -2.62. The molecule has 0 unspecified atom stereocenters. The first kappa shape index (κ1) is 54.7. The van der Waals surface area contributed by atoms with Gasteiger partial charge in [-0.2, -0.15) is 0 Å². The monoisotopic (exact) mass is 1170 g/mol. The van der Waals surface area contributed by atoms with Gasteiger partial charge in [-0.1, -0.05) is 160 Å². The quantitative estimate of drug-likeness (QED) is 0.161. The summed E-state index contributed by atoms with van der Waals surface area (Å²) in [5.41, 5.74) is 30.7. The van der Waals surface area contributed by atoms with E-state index in [9.17, 15) is 0 Å². The first-order chi connectivity index (χ1) is 43.2. The second kappa shape index (κ2) is 18.5. The summed E-state index contributed by atoms with van der Waals surface area (Å²) in [6.45, 7) is 26.0. The molecule has 11 aromatic rings. The Labute approximate surface area is 532 Å². The second-order valence-electron chi connectivity index (χ2n) is 32.2. The zero-order valence-electron chi connectivity index (χ0n) is 54.8. The molecule has 8 aliphatic rings. The molecule has 2 aliphatic heterocycles. The van der Waals surface area contributed by atoms with Gasteiger partial charge in [-0.15, -0.1) is 0 Å². The lowest BCUT2D eigenvalue weighted by molar-refractivity contribution is -0.0399. The minimum absolute atomic E-state index is 0.0112. The zero-order chi connectivity index (χ0) is 61.4. The summed E-state index contributed by atoms with van der Waals surface area (Å²) >= 11 is 0. The normalized spacial score (nSPS) is 22.1. The van der Waals surface area contributed by atoms with Crippen molar-refractivity contribution in [1.29, 1.82) is 0 Å². The first-order valence-electron chi connectivity index (χ1n) is 33.9. The van der Waals surface area contributed by atoms with Crippen molar-refractivity contribution in [3.63, 3.8) is 0 Å². The lowest BCUT2D eigenvalue weighted by atomic mass is 9.35. The van der Waals surface area contributed by atoms with Gasteiger partial charge in [0.1, 0.15) is 5.58 Å². The Bertz CT molecular complexity index is 4780. The molecule has 4 saturated carbocycles. The topological polar surface area (TPSA) is 27.8 Å². The highest BCUT2D eigenvalue weighted by molar-refractivity contribution is 7.00. The fourth-order valence-electron chi connectivity index (χ4n) is 19.7. The number of aryl methyl sites for hydroxylation is 2. The van der Waals surface area contributed by atoms with Gasteiger partial charge in [0.25, 0.3) is 6.71 Å². The second-order valence-corrected chi connectivity index (χ2v) is 32.2. The molecular weight excluding hydrogens is 1090 g/mol. The number of rotatable bonds is 5. The molecule has 0 N–H and O–H groups in total. The van der Waals surface area contributed by atoms with E-state index in [-0.39, 0.29) is 33.8 Å². The van der Waals surface area contributed by atoms with Crippen molar-refractivity contribution in [3.8, 4) is 11.1 Å². The molecule has 0 radical (unpaired) electrons. The number of nitrogens with zero attached hydrogens (tertiary/aromatic N) is 4. The molecule has 6 aliphatic carbocycles. The van der Waals surface area contributed by atoms with Crippen molar-refractivity contribution >= 4 is 107 Å². The van der Waals surface area contributed by atoms with Crippen molar-refractivity contribution in [2.24, 2.45) is 30.7 Å². The molecular formula is C84H83BN4O. The smallest absolute Gasteiger partial charge is 0.272 e. The fourth-order valence-corrected chi connectivity index (χ4v) is 19.7. The average molecular weight is 1180 g/mol. The largest absolute Gasteiger partial charge is 0.454 e. The van der Waals surface area contributed by atoms with Crippen LogP contribution in [0, 0.1) is 30.6 Å². The van der Waals surface area contributed by atoms with Crippen LogP contribution >= 0.6 is 0 Å². The van der Waals surface area contributed by atoms with Crippen LogP contribution in [-0.4, -0.2) is 11.3 Å². The maximum absolute atomic E-state index is 7.17. The van der Waals surface area contributed by atoms with E-state index in [1.807, 2.05) is 0 Å². The van der Waals surface area contributed by atoms with Crippen LogP contribution in [0.2, 0.25) is 0 Å². The minimum Gasteiger partial charge on any atom is -0.454 e. The number of anilines is 9. The van der Waals surface area contributed by atoms with Crippen molar-refractivity contribution in [1.82, 2.24) is 4.57 Å². The van der Waals surface area contributed by atoms with Crippen LogP contribution in [0.15, 0.2) is 180 Å². The van der Waals surface area contributed by atoms with E-state index in [2.05, 4.69) is 278 Å². The molecule has 448 valence electrons. The Morgan fingerprint density at radius 2 is 1.09 bits per heavy atom. The maximum Gasteiger partial charge on any atom is 0.272 e. The van der Waals surface area contributed by atoms with Gasteiger partial charge in [0.2, 0.25) is 0 Å². The molecule has 0 amide bonds. The molecule has 19 rings (SSSR count). The summed E-state index contributed by atoms with van der Waals surface area (Å²) < 4.78 is 9.82. The summed E-state index contributed by atoms with van der Waals surface area (Å²) in [5, 5.41) is 3.59. The van der Waals surface area contributed by atoms with Crippen molar-refractivity contribution in [2.75, 3.05) is 14.7 Å². The van der Waals surface area contributed by atoms with Gasteiger partial charge in [-0.25, -0.2) is 0 Å². The van der Waals surface area contributed by atoms with Crippen LogP contribution in [0.25, 0.3) is 44.0 Å². The van der Waals surface area contributed by atoms with Crippen LogP contribution in [0.4, 0.5) is 51.2 Å². The SMILES string of the molecule is Cc1cc2c3c(c1)N(c1cccc4c1oc1ccccc14)c1cc(N(c4ccc(C(C)(C)C)cc4)c4ccc(C(C)(C)C)cc4)ccc1B3c1c(c3cc4c(cc3n1C)C(C)(C)CCC4(C)C)N2c1ccc2c(c1)C1(c3ccccc3-2)C2CC3CC(C2)CC1C3. The Kier molecular flexibility index (Phi) is 11.2. The van der Waals surface area contributed by atoms with Gasteiger partial charge in [0, 0.05) is 79.5 Å². The molecule has 4 bridgehead atoms. The van der Waals surface area contributed by atoms with Gasteiger partial charge in [0.05, 0.1) is 11.4 Å². The summed E-state index contributed by atoms with van der Waals surface area (Å²) in [4.78, 5) is 7.87. The Morgan fingerprint density at radius 3 is 1.76 bits per heavy atom. The third kappa shape index (κ3) is 7.51. The van der Waals surface area contributed by atoms with Gasteiger partial charge in [-0.3, -0.25) is 0 Å². The predicted molar refractivity (Wildman–Crippen MR) is 380 cm³/mol. The minimum atomic E-state index is -0.118. The van der Waals surface area contributed by atoms with E-state index in [0.717, 1.165) is 75.1 Å². The fraction of sp³-hybridized carbons (Fsp3) is 0.333. The number of hydrogen-bond donors (Lipinski definition) is 0. The molecule has 90 heavy (non-hydrogen) atoms. The predicted octanol–water partition coefficient (Wildman–Crippen LogP) is 20.6. The number of benzene rings is 9. The highest BCUT2D eigenvalue weighted by Gasteiger charge is 2.62. The van der Waals surface area contributed by atoms with Crippen LogP contribution < -0.4 is 31.2 Å². The summed E-state index contributed by atoms with van der Waals surface area (Å²) in [7, 11) is 2.40. The third-order valence-corrected chi connectivity index (χ3v) is 24.0. The molecule has 6 heteroatoms. The van der Waals surface area contributed by atoms with Crippen molar-refractivity contribution < 1.29 is 4.42 Å². The molecule has 9 aromatic carbocycles. The zero-order valence-corrected chi connectivity index (χ0v) is 54.8. The van der Waals surface area contributed by atoms with Gasteiger partial charge >= 0.3 is 0 Å². The van der Waals surface area contributed by atoms with Crippen LogP contribution in [0.3, 0.4) is 0 Å². The number of fused-ring (bicyclic) bond motifs is 13. The van der Waals surface area contributed by atoms with E-state index >= 15 is 0 Å². The molecule has 1 spiro atoms. The van der Waals surface area contributed by atoms with Crippen LogP contribution in [0.1, 0.15) is 153 Å². The van der Waals surface area contributed by atoms with E-state index in [1.54, 1.807) is 11.1 Å². The van der Waals surface area contributed by atoms with Gasteiger partial charge < -0.3 is 23.7 Å². The first-order valence-corrected chi connectivity index (χ1v) is 33.9. The van der Waals surface area contributed by atoms with Crippen molar-refractivity contribution in [2.45, 2.75) is 148 Å². The standard InChI is InChI=1S/C84H83BN4O/c1-49-38-73-76-74(39-49)89(70-22-17-20-63-62-19-14-16-23-75(62)90-78(63)70)72-46-59(87(56-28-24-52(25-29-56)80(2,3)4)57-30-26-53(27-31-57)81(5,6)7)33-35-69(72)85(76)79-77(64-47-67-68(48-71(64)86(79)12)83(10,11)37-36-82(67,8)9)88(73)58-32-34-61-60-18-13-15-21-65(60)84(66(61)45-58)54-41-50-40-51(43-54)44-55(84)42-50/h13-35,38-39,45-48,50-51,54-55H,36-37,40-44H2,1-12H3. The molecule has 0 saturated heterocycles. The third-order valence-electron chi connectivity index (χ3n) is 24.0. The van der Waals surface area contributed by atoms with Gasteiger partial charge in [-0.05, 0) is 243 Å². The summed E-state index contributed by atoms with van der Waals surface area (Å²) in [5.74, 6) is 3.05. The van der Waals surface area contributed by atoms with Crippen LogP contribution in [-0.2, 0) is 34.1 Å². The number of para-hydroxylation sites is 2. The van der Waals surface area contributed by atoms with E-state index < -0.39 is 0 Å². The highest BCUT2D eigenvalue weighted by atomic mass is 16.3.